The van der Waals surface area contributed by atoms with Crippen molar-refractivity contribution in [3.63, 3.8) is 0 Å². The second-order valence-electron chi connectivity index (χ2n) is 2.32. The van der Waals surface area contributed by atoms with Gasteiger partial charge in [0, 0.05) is 7.11 Å². The molecule has 3 nitrogen and oxygen atoms in total. The van der Waals surface area contributed by atoms with Crippen LogP contribution in [0.5, 0.6) is 0 Å². The first-order valence-corrected chi connectivity index (χ1v) is 3.28. The van der Waals surface area contributed by atoms with E-state index < -0.39 is 6.10 Å². The average molecular weight is 144 g/mol. The van der Waals surface area contributed by atoms with Crippen LogP contribution in [0.2, 0.25) is 0 Å². The summed E-state index contributed by atoms with van der Waals surface area (Å²) < 4.78 is 10.1. The summed E-state index contributed by atoms with van der Waals surface area (Å²) in [6.07, 6.45) is 2.42. The zero-order valence-electron chi connectivity index (χ0n) is 6.15. The molecule has 0 saturated heterocycles. The van der Waals surface area contributed by atoms with Gasteiger partial charge in [-0.15, -0.1) is 0 Å². The van der Waals surface area contributed by atoms with Gasteiger partial charge in [-0.1, -0.05) is 6.08 Å². The fourth-order valence-corrected chi connectivity index (χ4v) is 0.833. The zero-order valence-corrected chi connectivity index (χ0v) is 6.15. The molecule has 0 aromatic carbocycles. The molecule has 0 spiro atoms. The third kappa shape index (κ3) is 1.56. The third-order valence-electron chi connectivity index (χ3n) is 1.53. The molecule has 3 atom stereocenters. The Hall–Kier alpha value is -0.380. The van der Waals surface area contributed by atoms with Gasteiger partial charge in [0.25, 0.3) is 0 Å². The molecule has 1 aliphatic rings. The van der Waals surface area contributed by atoms with Crippen molar-refractivity contribution in [3.05, 3.63) is 12.2 Å². The van der Waals surface area contributed by atoms with Crippen molar-refractivity contribution in [2.45, 2.75) is 25.4 Å². The number of aliphatic hydroxyl groups excluding tert-OH is 1. The Kier molecular flexibility index (Phi) is 2.43. The van der Waals surface area contributed by atoms with Crippen LogP contribution in [0.25, 0.3) is 0 Å². The smallest absolute Gasteiger partial charge is 0.177 e. The molecule has 1 N–H and O–H groups in total. The fraction of sp³-hybridized carbons (Fsp3) is 0.714. The lowest BCUT2D eigenvalue weighted by Gasteiger charge is -2.25. The number of rotatable bonds is 1. The molecule has 10 heavy (non-hydrogen) atoms. The van der Waals surface area contributed by atoms with E-state index in [-0.39, 0.29) is 12.4 Å². The number of methoxy groups -OCH3 is 1. The quantitative estimate of drug-likeness (QED) is 0.538. The van der Waals surface area contributed by atoms with Gasteiger partial charge >= 0.3 is 0 Å². The van der Waals surface area contributed by atoms with Gasteiger partial charge in [0.15, 0.2) is 6.29 Å². The Morgan fingerprint density at radius 2 is 2.20 bits per heavy atom. The second kappa shape index (κ2) is 3.14. The van der Waals surface area contributed by atoms with Gasteiger partial charge in [0.2, 0.25) is 0 Å². The third-order valence-corrected chi connectivity index (χ3v) is 1.53. The minimum atomic E-state index is -0.494. The SMILES string of the molecule is CO[C@@H]1C=C[C@@H](O)[C@H](C)O1. The molecule has 0 saturated carbocycles. The average Bonchev–Trinajstić information content (AvgIpc) is 1.95. The molecule has 0 aromatic rings. The van der Waals surface area contributed by atoms with Crippen LogP contribution >= 0.6 is 0 Å². The maximum Gasteiger partial charge on any atom is 0.177 e. The van der Waals surface area contributed by atoms with Crippen LogP contribution in [0.1, 0.15) is 6.92 Å². The van der Waals surface area contributed by atoms with Crippen molar-refractivity contribution in [2.75, 3.05) is 7.11 Å². The molecule has 0 unspecified atom stereocenters. The molecular weight excluding hydrogens is 132 g/mol. The van der Waals surface area contributed by atoms with Crippen molar-refractivity contribution >= 4 is 0 Å². The van der Waals surface area contributed by atoms with Crippen molar-refractivity contribution in [2.24, 2.45) is 0 Å². The van der Waals surface area contributed by atoms with E-state index in [0.29, 0.717) is 0 Å². The first kappa shape index (κ1) is 7.72. The van der Waals surface area contributed by atoms with E-state index >= 15 is 0 Å². The van der Waals surface area contributed by atoms with Crippen LogP contribution in [0.15, 0.2) is 12.2 Å². The summed E-state index contributed by atoms with van der Waals surface area (Å²) in [5.41, 5.74) is 0. The van der Waals surface area contributed by atoms with Crippen molar-refractivity contribution in [3.8, 4) is 0 Å². The van der Waals surface area contributed by atoms with E-state index in [1.807, 2.05) is 0 Å². The Morgan fingerprint density at radius 1 is 1.50 bits per heavy atom. The number of hydrogen-bond acceptors (Lipinski definition) is 3. The summed E-state index contributed by atoms with van der Waals surface area (Å²) in [5, 5.41) is 9.12. The summed E-state index contributed by atoms with van der Waals surface area (Å²) in [4.78, 5) is 0. The Balaban J connectivity index is 2.51. The standard InChI is InChI=1S/C7H12O3/c1-5-6(8)3-4-7(9-2)10-5/h3-8H,1-2H3/t5-,6+,7-/m0/s1. The molecule has 0 aliphatic carbocycles. The van der Waals surface area contributed by atoms with Gasteiger partial charge in [-0.05, 0) is 13.0 Å². The van der Waals surface area contributed by atoms with E-state index in [1.54, 1.807) is 26.2 Å². The lowest BCUT2D eigenvalue weighted by Crippen LogP contribution is -2.33. The highest BCUT2D eigenvalue weighted by atomic mass is 16.7. The predicted octanol–water partition coefficient (Wildman–Crippen LogP) is 0.295. The Labute approximate surface area is 60.3 Å². The second-order valence-corrected chi connectivity index (χ2v) is 2.32. The highest BCUT2D eigenvalue weighted by Gasteiger charge is 2.20. The minimum Gasteiger partial charge on any atom is -0.386 e. The van der Waals surface area contributed by atoms with E-state index in [2.05, 4.69) is 0 Å². The molecule has 0 radical (unpaired) electrons. The number of hydrogen-bond donors (Lipinski definition) is 1. The normalized spacial score (nSPS) is 40.1. The summed E-state index contributed by atoms with van der Waals surface area (Å²) >= 11 is 0. The van der Waals surface area contributed by atoms with Gasteiger partial charge in [0.1, 0.15) is 0 Å². The first-order valence-electron chi connectivity index (χ1n) is 3.28. The monoisotopic (exact) mass is 144 g/mol. The molecule has 0 aromatic heterocycles. The molecule has 1 heterocycles. The Bertz CT molecular complexity index is 133. The maximum atomic E-state index is 9.12. The number of ether oxygens (including phenoxy) is 2. The summed E-state index contributed by atoms with van der Waals surface area (Å²) in [7, 11) is 1.57. The highest BCUT2D eigenvalue weighted by molar-refractivity contribution is 4.98. The predicted molar refractivity (Wildman–Crippen MR) is 36.5 cm³/mol. The van der Waals surface area contributed by atoms with Gasteiger partial charge < -0.3 is 14.6 Å². The molecular formula is C7H12O3. The van der Waals surface area contributed by atoms with Crippen molar-refractivity contribution < 1.29 is 14.6 Å². The van der Waals surface area contributed by atoms with Crippen LogP contribution in [-0.2, 0) is 9.47 Å². The van der Waals surface area contributed by atoms with E-state index in [0.717, 1.165) is 0 Å². The van der Waals surface area contributed by atoms with Crippen LogP contribution in [0.3, 0.4) is 0 Å². The lowest BCUT2D eigenvalue weighted by molar-refractivity contribution is -0.151. The van der Waals surface area contributed by atoms with Crippen LogP contribution in [-0.4, -0.2) is 30.7 Å². The minimum absolute atomic E-state index is 0.171. The molecule has 58 valence electrons. The lowest BCUT2D eigenvalue weighted by atomic mass is 10.2. The van der Waals surface area contributed by atoms with E-state index in [9.17, 15) is 0 Å². The van der Waals surface area contributed by atoms with E-state index in [4.69, 9.17) is 14.6 Å². The topological polar surface area (TPSA) is 38.7 Å². The fourth-order valence-electron chi connectivity index (χ4n) is 0.833. The van der Waals surface area contributed by atoms with Gasteiger partial charge in [-0.3, -0.25) is 0 Å². The van der Waals surface area contributed by atoms with Gasteiger partial charge in [-0.25, -0.2) is 0 Å². The molecule has 0 bridgehead atoms. The summed E-state index contributed by atoms with van der Waals surface area (Å²) in [5.74, 6) is 0. The van der Waals surface area contributed by atoms with Crippen LogP contribution in [0.4, 0.5) is 0 Å². The summed E-state index contributed by atoms with van der Waals surface area (Å²) in [6.45, 7) is 1.81. The highest BCUT2D eigenvalue weighted by Crippen LogP contribution is 2.12. The molecule has 3 heteroatoms. The van der Waals surface area contributed by atoms with Crippen molar-refractivity contribution in [1.82, 2.24) is 0 Å². The van der Waals surface area contributed by atoms with Gasteiger partial charge in [-0.2, -0.15) is 0 Å². The maximum absolute atomic E-state index is 9.12. The molecule has 1 aliphatic heterocycles. The largest absolute Gasteiger partial charge is 0.386 e. The van der Waals surface area contributed by atoms with Crippen LogP contribution < -0.4 is 0 Å². The van der Waals surface area contributed by atoms with E-state index in [1.165, 1.54) is 0 Å². The first-order chi connectivity index (χ1) is 4.74. The summed E-state index contributed by atoms with van der Waals surface area (Å²) in [6, 6.07) is 0. The Morgan fingerprint density at radius 3 is 2.70 bits per heavy atom. The molecule has 1 rings (SSSR count). The molecule has 0 amide bonds. The van der Waals surface area contributed by atoms with Crippen molar-refractivity contribution in [1.29, 1.82) is 0 Å². The zero-order chi connectivity index (χ0) is 7.56. The molecule has 0 fully saturated rings. The van der Waals surface area contributed by atoms with Gasteiger partial charge in [0.05, 0.1) is 12.2 Å². The van der Waals surface area contributed by atoms with Crippen LogP contribution in [0, 0.1) is 0 Å². The number of aliphatic hydroxyl groups is 1.